The topological polar surface area (TPSA) is 61.4 Å². The lowest BCUT2D eigenvalue weighted by Gasteiger charge is -2.35. The molecule has 2 saturated heterocycles. The lowest BCUT2D eigenvalue weighted by Crippen LogP contribution is -2.51. The molecular weight excluding hydrogens is 202 g/mol. The lowest BCUT2D eigenvalue weighted by molar-refractivity contribution is 0.216. The molecule has 0 spiro atoms. The number of piperidine rings is 1. The standard InChI is InChI=1S/C8H17N3O2S/c1-9-14(12,13)11-4-2-3-7-5-10-6-8(7)11/h7-10H,2-6H2,1H3. The molecule has 0 bridgehead atoms. The van der Waals surface area contributed by atoms with E-state index in [1.807, 2.05) is 0 Å². The largest absolute Gasteiger partial charge is 0.315 e. The van der Waals surface area contributed by atoms with Crippen LogP contribution < -0.4 is 10.0 Å². The molecule has 6 heteroatoms. The van der Waals surface area contributed by atoms with Gasteiger partial charge in [0.15, 0.2) is 0 Å². The first kappa shape index (κ1) is 10.4. The van der Waals surface area contributed by atoms with E-state index in [4.69, 9.17) is 0 Å². The van der Waals surface area contributed by atoms with Gasteiger partial charge in [-0.25, -0.2) is 4.72 Å². The highest BCUT2D eigenvalue weighted by atomic mass is 32.2. The van der Waals surface area contributed by atoms with Gasteiger partial charge < -0.3 is 5.32 Å². The third-order valence-electron chi connectivity index (χ3n) is 3.19. The maximum absolute atomic E-state index is 11.7. The van der Waals surface area contributed by atoms with E-state index in [1.54, 1.807) is 4.31 Å². The molecule has 0 amide bonds. The molecule has 2 aliphatic heterocycles. The summed E-state index contributed by atoms with van der Waals surface area (Å²) in [7, 11) is -1.76. The first-order valence-electron chi connectivity index (χ1n) is 5.06. The number of rotatable bonds is 2. The molecule has 2 fully saturated rings. The molecule has 0 saturated carbocycles. The Bertz CT molecular complexity index is 304. The fourth-order valence-electron chi connectivity index (χ4n) is 2.44. The van der Waals surface area contributed by atoms with Crippen molar-refractivity contribution < 1.29 is 8.42 Å². The third kappa shape index (κ3) is 1.67. The average Bonchev–Trinajstić information content (AvgIpc) is 2.64. The summed E-state index contributed by atoms with van der Waals surface area (Å²) < 4.78 is 27.4. The zero-order valence-corrected chi connectivity index (χ0v) is 9.18. The van der Waals surface area contributed by atoms with Crippen LogP contribution in [0.15, 0.2) is 0 Å². The van der Waals surface area contributed by atoms with Gasteiger partial charge in [0, 0.05) is 26.2 Å². The summed E-state index contributed by atoms with van der Waals surface area (Å²) in [5.41, 5.74) is 0. The van der Waals surface area contributed by atoms with Gasteiger partial charge in [0.05, 0.1) is 0 Å². The first-order valence-corrected chi connectivity index (χ1v) is 6.50. The van der Waals surface area contributed by atoms with Crippen LogP contribution in [0.5, 0.6) is 0 Å². The summed E-state index contributed by atoms with van der Waals surface area (Å²) in [6, 6.07) is 0.168. The highest BCUT2D eigenvalue weighted by Crippen LogP contribution is 2.27. The van der Waals surface area contributed by atoms with Gasteiger partial charge in [-0.3, -0.25) is 0 Å². The van der Waals surface area contributed by atoms with E-state index < -0.39 is 10.2 Å². The summed E-state index contributed by atoms with van der Waals surface area (Å²) >= 11 is 0. The normalized spacial score (nSPS) is 34.4. The van der Waals surface area contributed by atoms with Crippen molar-refractivity contribution >= 4 is 10.2 Å². The van der Waals surface area contributed by atoms with Crippen LogP contribution in [0, 0.1) is 5.92 Å². The Labute approximate surface area is 85.0 Å². The monoisotopic (exact) mass is 219 g/mol. The number of hydrogen-bond donors (Lipinski definition) is 2. The molecule has 5 nitrogen and oxygen atoms in total. The number of nitrogens with zero attached hydrogens (tertiary/aromatic N) is 1. The molecular formula is C8H17N3O2S. The van der Waals surface area contributed by atoms with Crippen LogP contribution in [-0.2, 0) is 10.2 Å². The Hall–Kier alpha value is -0.170. The minimum Gasteiger partial charge on any atom is -0.315 e. The van der Waals surface area contributed by atoms with Crippen LogP contribution >= 0.6 is 0 Å². The molecule has 2 heterocycles. The molecule has 2 unspecified atom stereocenters. The SMILES string of the molecule is CNS(=O)(=O)N1CCCC2CNCC21. The van der Waals surface area contributed by atoms with E-state index in [0.717, 1.165) is 25.9 Å². The van der Waals surface area contributed by atoms with E-state index in [1.165, 1.54) is 7.05 Å². The van der Waals surface area contributed by atoms with Crippen LogP contribution in [0.25, 0.3) is 0 Å². The predicted molar refractivity (Wildman–Crippen MR) is 54.1 cm³/mol. The van der Waals surface area contributed by atoms with Gasteiger partial charge in [-0.1, -0.05) is 0 Å². The van der Waals surface area contributed by atoms with E-state index >= 15 is 0 Å². The summed E-state index contributed by atoms with van der Waals surface area (Å²) in [6.07, 6.45) is 2.12. The van der Waals surface area contributed by atoms with Crippen LogP contribution in [0.4, 0.5) is 0 Å². The molecule has 2 rings (SSSR count). The Kier molecular flexibility index (Phi) is 2.79. The first-order chi connectivity index (χ1) is 6.65. The van der Waals surface area contributed by atoms with Gasteiger partial charge in [-0.05, 0) is 25.3 Å². The molecule has 0 radical (unpaired) electrons. The Morgan fingerprint density at radius 2 is 2.21 bits per heavy atom. The molecule has 2 N–H and O–H groups in total. The molecule has 0 aromatic carbocycles. The maximum Gasteiger partial charge on any atom is 0.279 e. The highest BCUT2D eigenvalue weighted by Gasteiger charge is 2.40. The molecule has 2 aliphatic rings. The van der Waals surface area contributed by atoms with E-state index in [0.29, 0.717) is 12.5 Å². The second kappa shape index (κ2) is 3.77. The minimum atomic E-state index is -3.23. The van der Waals surface area contributed by atoms with Crippen molar-refractivity contribution in [3.8, 4) is 0 Å². The van der Waals surface area contributed by atoms with Gasteiger partial charge in [0.2, 0.25) is 0 Å². The summed E-state index contributed by atoms with van der Waals surface area (Å²) in [5, 5.41) is 3.26. The van der Waals surface area contributed by atoms with Gasteiger partial charge in [0.25, 0.3) is 10.2 Å². The quantitative estimate of drug-likeness (QED) is 0.635. The third-order valence-corrected chi connectivity index (χ3v) is 4.78. The van der Waals surface area contributed by atoms with Crippen LogP contribution in [0.2, 0.25) is 0 Å². The number of nitrogens with one attached hydrogen (secondary N) is 2. The number of hydrogen-bond acceptors (Lipinski definition) is 3. The van der Waals surface area contributed by atoms with Crippen LogP contribution in [-0.4, -0.2) is 45.4 Å². The van der Waals surface area contributed by atoms with Gasteiger partial charge in [0.1, 0.15) is 0 Å². The molecule has 0 aromatic heterocycles. The zero-order valence-electron chi connectivity index (χ0n) is 8.36. The molecule has 0 aliphatic carbocycles. The van der Waals surface area contributed by atoms with Crippen molar-refractivity contribution in [3.63, 3.8) is 0 Å². The Morgan fingerprint density at radius 1 is 1.43 bits per heavy atom. The second-order valence-corrected chi connectivity index (χ2v) is 5.78. The summed E-state index contributed by atoms with van der Waals surface area (Å²) in [6.45, 7) is 2.41. The Balaban J connectivity index is 2.18. The van der Waals surface area contributed by atoms with Gasteiger partial charge >= 0.3 is 0 Å². The Morgan fingerprint density at radius 3 is 2.93 bits per heavy atom. The molecule has 82 valence electrons. The van der Waals surface area contributed by atoms with Crippen molar-refractivity contribution in [1.29, 1.82) is 0 Å². The van der Waals surface area contributed by atoms with Crippen molar-refractivity contribution in [2.75, 3.05) is 26.7 Å². The van der Waals surface area contributed by atoms with Gasteiger partial charge in [-0.2, -0.15) is 12.7 Å². The fraction of sp³-hybridized carbons (Fsp3) is 1.00. The fourth-order valence-corrected chi connectivity index (χ4v) is 3.65. The van der Waals surface area contributed by atoms with Crippen molar-refractivity contribution in [3.05, 3.63) is 0 Å². The second-order valence-electron chi connectivity index (χ2n) is 3.95. The smallest absolute Gasteiger partial charge is 0.279 e. The maximum atomic E-state index is 11.7. The van der Waals surface area contributed by atoms with Crippen LogP contribution in [0.1, 0.15) is 12.8 Å². The van der Waals surface area contributed by atoms with E-state index in [2.05, 4.69) is 10.0 Å². The van der Waals surface area contributed by atoms with Crippen molar-refractivity contribution in [2.45, 2.75) is 18.9 Å². The summed E-state index contributed by atoms with van der Waals surface area (Å²) in [4.78, 5) is 0. The highest BCUT2D eigenvalue weighted by molar-refractivity contribution is 7.87. The zero-order chi connectivity index (χ0) is 10.2. The van der Waals surface area contributed by atoms with E-state index in [9.17, 15) is 8.42 Å². The molecule has 14 heavy (non-hydrogen) atoms. The minimum absolute atomic E-state index is 0.168. The van der Waals surface area contributed by atoms with Gasteiger partial charge in [-0.15, -0.1) is 0 Å². The lowest BCUT2D eigenvalue weighted by atomic mass is 9.94. The van der Waals surface area contributed by atoms with Crippen molar-refractivity contribution in [2.24, 2.45) is 5.92 Å². The number of fused-ring (bicyclic) bond motifs is 1. The van der Waals surface area contributed by atoms with Crippen LogP contribution in [0.3, 0.4) is 0 Å². The summed E-state index contributed by atoms with van der Waals surface area (Å²) in [5.74, 6) is 0.506. The average molecular weight is 219 g/mol. The van der Waals surface area contributed by atoms with E-state index in [-0.39, 0.29) is 6.04 Å². The predicted octanol–water partition coefficient (Wildman–Crippen LogP) is -0.866. The van der Waals surface area contributed by atoms with Crippen molar-refractivity contribution in [1.82, 2.24) is 14.3 Å². The molecule has 2 atom stereocenters. The molecule has 0 aromatic rings.